The molecule has 8 rings (SSSR count). The molecule has 3 aliphatic rings. The van der Waals surface area contributed by atoms with E-state index >= 15 is 0 Å². The zero-order chi connectivity index (χ0) is 36.3. The monoisotopic (exact) mass is 759 g/mol. The van der Waals surface area contributed by atoms with E-state index in [1.807, 2.05) is 24.3 Å². The number of aromatic nitrogens is 2. The zero-order valence-corrected chi connectivity index (χ0v) is 30.5. The highest BCUT2D eigenvalue weighted by Gasteiger charge is 2.54. The van der Waals surface area contributed by atoms with Crippen LogP contribution in [0.1, 0.15) is 55.2 Å². The molecule has 262 valence electrons. The third kappa shape index (κ3) is 7.82. The molecule has 4 N–H and O–H groups in total. The molecule has 5 aromatic rings. The van der Waals surface area contributed by atoms with Gasteiger partial charge in [0, 0.05) is 0 Å². The molecule has 16 heteroatoms. The van der Waals surface area contributed by atoms with Crippen molar-refractivity contribution in [3.05, 3.63) is 84.1 Å². The molecule has 0 unspecified atom stereocenters. The lowest BCUT2D eigenvalue weighted by Crippen LogP contribution is -2.21. The fourth-order valence-electron chi connectivity index (χ4n) is 5.78. The van der Waals surface area contributed by atoms with Gasteiger partial charge in [-0.2, -0.15) is 0 Å². The van der Waals surface area contributed by atoms with Gasteiger partial charge in [-0.3, -0.25) is 14.4 Å². The van der Waals surface area contributed by atoms with Crippen LogP contribution in [0.25, 0.3) is 22.2 Å². The second-order valence-corrected chi connectivity index (χ2v) is 18.6. The molecule has 12 nitrogen and oxygen atoms in total. The van der Waals surface area contributed by atoms with Crippen LogP contribution in [-0.4, -0.2) is 63.7 Å². The average Bonchev–Trinajstić information content (AvgIpc) is 4.05. The van der Waals surface area contributed by atoms with Crippen molar-refractivity contribution < 1.29 is 42.9 Å². The Morgan fingerprint density at radius 3 is 1.46 bits per heavy atom. The van der Waals surface area contributed by atoms with Gasteiger partial charge in [0.15, 0.2) is 24.0 Å². The second-order valence-electron chi connectivity index (χ2n) is 12.1. The number of benzene rings is 3. The van der Waals surface area contributed by atoms with Gasteiger partial charge in [0.05, 0.1) is 36.2 Å². The number of oxazole rings is 2. The normalized spacial score (nSPS) is 16.6. The number of halogens is 3. The minimum Gasteiger partial charge on any atom is -0.506 e. The third-order valence-corrected chi connectivity index (χ3v) is 9.16. The molecule has 3 saturated carbocycles. The number of ether oxygens (including phenoxy) is 2. The van der Waals surface area contributed by atoms with Gasteiger partial charge in [-0.05, 0) is 91.6 Å². The van der Waals surface area contributed by atoms with Gasteiger partial charge in [0.25, 0.3) is 0 Å². The number of aromatic hydroxyl groups is 1. The van der Waals surface area contributed by atoms with Gasteiger partial charge < -0.3 is 34.3 Å². The van der Waals surface area contributed by atoms with Crippen molar-refractivity contribution in [2.75, 3.05) is 20.0 Å². The predicted octanol–water partition coefficient (Wildman–Crippen LogP) is 6.84. The number of aliphatic carboxylic acids is 1. The zero-order valence-electron chi connectivity index (χ0n) is 27.0. The Hall–Kier alpha value is -3.99. The summed E-state index contributed by atoms with van der Waals surface area (Å²) in [7, 11) is 17.6. The number of carbonyl (C=O) groups excluding carboxylic acids is 2. The summed E-state index contributed by atoms with van der Waals surface area (Å²) < 4.78 is 19.9. The Kier molecular flexibility index (Phi) is 11.2. The van der Waals surface area contributed by atoms with E-state index in [0.717, 1.165) is 59.0 Å². The number of hydrogen-bond donors (Lipinski definition) is 3. The number of anilines is 1. The maximum absolute atomic E-state index is 11.7. The van der Waals surface area contributed by atoms with Gasteiger partial charge in [0.2, 0.25) is 0 Å². The number of methoxy groups -OCH3 is 2. The van der Waals surface area contributed by atoms with E-state index in [0.29, 0.717) is 24.1 Å². The first kappa shape index (κ1) is 37.3. The van der Waals surface area contributed by atoms with E-state index in [2.05, 4.69) is 9.97 Å². The molecule has 3 aliphatic carbocycles. The van der Waals surface area contributed by atoms with Gasteiger partial charge in [-0.25, -0.2) is 40.1 Å². The number of phenols is 1. The number of nitrogen functional groups attached to an aromatic ring is 1. The maximum atomic E-state index is 11.7. The molecule has 0 amide bonds. The Bertz CT molecular complexity index is 2020. The summed E-state index contributed by atoms with van der Waals surface area (Å²) in [4.78, 5) is 42.5. The fourth-order valence-corrected chi connectivity index (χ4v) is 5.78. The van der Waals surface area contributed by atoms with Crippen molar-refractivity contribution in [3.63, 3.8) is 0 Å². The highest BCUT2D eigenvalue weighted by molar-refractivity contribution is 7.54. The average molecular weight is 761 g/mol. The second kappa shape index (κ2) is 15.1. The highest BCUT2D eigenvalue weighted by Crippen LogP contribution is 2.51. The molecule has 0 saturated heterocycles. The van der Waals surface area contributed by atoms with Crippen molar-refractivity contribution in [1.82, 2.24) is 9.97 Å². The molecule has 2 heterocycles. The summed E-state index contributed by atoms with van der Waals surface area (Å²) in [5.74, 6) is -1.09. The standard InChI is InChI=1S/C12H11NO3.C11H9NO3.C11H13NO3.Al.3ClH/c1-15-11(14)12(4-5-12)8-2-3-10-9(6-8)13-7-16-10;13-10(14)11(3-4-11)7-1-2-9-8(5-7)12-6-15-9;1-15-10(14)11(4-5-11)7-2-3-9(13)8(12)6-7;;;;/h2-3,6-7H,4-5H2,1H3;1-2,5-6H,3-4H2,(H,13,14);2-3,6,13H,4-5,12H2,1H3;;3*1H/q;;;+3;;;/p-3. The van der Waals surface area contributed by atoms with E-state index in [1.54, 1.807) is 24.3 Å². The molecular weight excluding hydrogens is 728 g/mol. The van der Waals surface area contributed by atoms with E-state index < -0.39 is 33.6 Å². The minimum absolute atomic E-state index is 0.0411. The molecule has 3 fully saturated rings. The van der Waals surface area contributed by atoms with Gasteiger partial charge in [0.1, 0.15) is 16.8 Å². The number of carbonyl (C=O) groups is 3. The molecule has 0 aliphatic heterocycles. The summed E-state index contributed by atoms with van der Waals surface area (Å²) in [6.45, 7) is 0. The van der Waals surface area contributed by atoms with Crippen molar-refractivity contribution in [3.8, 4) is 5.75 Å². The first-order chi connectivity index (χ1) is 23.8. The number of esters is 2. The summed E-state index contributed by atoms with van der Waals surface area (Å²) >= 11 is -1.72. The summed E-state index contributed by atoms with van der Waals surface area (Å²) in [6, 6.07) is 15.9. The molecule has 0 spiro atoms. The third-order valence-electron chi connectivity index (χ3n) is 9.16. The van der Waals surface area contributed by atoms with Crippen LogP contribution in [0.5, 0.6) is 5.75 Å². The molecular formula is C34H33AlCl3N3O9. The molecule has 0 radical (unpaired) electrons. The van der Waals surface area contributed by atoms with Crippen molar-refractivity contribution in [2.24, 2.45) is 0 Å². The summed E-state index contributed by atoms with van der Waals surface area (Å²) in [5.41, 5.74) is 9.84. The number of phenolic OH excluding ortho intramolecular Hbond substituents is 1. The first-order valence-corrected chi connectivity index (χ1v) is 20.6. The number of rotatable bonds is 6. The van der Waals surface area contributed by atoms with Crippen LogP contribution >= 0.6 is 30.1 Å². The van der Waals surface area contributed by atoms with Gasteiger partial charge in [-0.1, -0.05) is 18.2 Å². The van der Waals surface area contributed by atoms with E-state index in [9.17, 15) is 19.5 Å². The Balaban J connectivity index is 0.000000138. The van der Waals surface area contributed by atoms with Crippen LogP contribution in [0.3, 0.4) is 0 Å². The number of nitrogens with two attached hydrogens (primary N) is 1. The number of nitrogens with zero attached hydrogens (tertiary/aromatic N) is 2. The van der Waals surface area contributed by atoms with Crippen LogP contribution < -0.4 is 5.73 Å². The summed E-state index contributed by atoms with van der Waals surface area (Å²) in [5, 5.41) is 18.4. The van der Waals surface area contributed by atoms with Gasteiger partial charge >= 0.3 is 29.3 Å². The SMILES string of the molecule is COC(=O)C1(c2ccc(O)c(N)c2)CC1.COC(=O)C1(c2ccc3ocnc3c2)CC1.O=C(O)C1(c2ccc3ocnc3c2)CC1.[Cl][Al]([Cl])[Cl]. The Morgan fingerprint density at radius 1 is 0.720 bits per heavy atom. The maximum Gasteiger partial charge on any atom is 0.643 e. The van der Waals surface area contributed by atoms with Crippen LogP contribution in [0.15, 0.2) is 76.2 Å². The number of hydrogen-bond acceptors (Lipinski definition) is 11. The lowest BCUT2D eigenvalue weighted by Gasteiger charge is -2.13. The molecule has 0 bridgehead atoms. The predicted molar refractivity (Wildman–Crippen MR) is 188 cm³/mol. The van der Waals surface area contributed by atoms with Crippen molar-refractivity contribution in [2.45, 2.75) is 54.8 Å². The largest absolute Gasteiger partial charge is 0.643 e. The number of carboxylic acids is 1. The van der Waals surface area contributed by atoms with Crippen molar-refractivity contribution in [1.29, 1.82) is 0 Å². The topological polar surface area (TPSA) is 188 Å². The first-order valence-electron chi connectivity index (χ1n) is 15.4. The number of carboxylic acid groups (broad SMARTS) is 1. The van der Waals surface area contributed by atoms with E-state index in [1.165, 1.54) is 33.1 Å². The Morgan fingerprint density at radius 2 is 1.10 bits per heavy atom. The molecule has 3 aromatic carbocycles. The Labute approximate surface area is 303 Å². The smallest absolute Gasteiger partial charge is 0.506 e. The van der Waals surface area contributed by atoms with Crippen LogP contribution in [0.4, 0.5) is 5.69 Å². The summed E-state index contributed by atoms with van der Waals surface area (Å²) in [6.07, 6.45) is 7.47. The van der Waals surface area contributed by atoms with E-state index in [-0.39, 0.29) is 17.7 Å². The minimum atomic E-state index is -1.72. The van der Waals surface area contributed by atoms with E-state index in [4.69, 9.17) is 59.3 Å². The lowest BCUT2D eigenvalue weighted by molar-refractivity contribution is -0.144. The van der Waals surface area contributed by atoms with Crippen LogP contribution in [0, 0.1) is 0 Å². The molecule has 50 heavy (non-hydrogen) atoms. The quantitative estimate of drug-likeness (QED) is 0.0709. The highest BCUT2D eigenvalue weighted by atomic mass is 35.8. The lowest BCUT2D eigenvalue weighted by atomic mass is 9.95. The van der Waals surface area contributed by atoms with Crippen LogP contribution in [0.2, 0.25) is 0 Å². The van der Waals surface area contributed by atoms with Gasteiger partial charge in [-0.15, -0.1) is 0 Å². The van der Waals surface area contributed by atoms with Crippen LogP contribution in [-0.2, 0) is 40.1 Å². The van der Waals surface area contributed by atoms with Crippen molar-refractivity contribution >= 4 is 87.3 Å². The molecule has 0 atom stereocenters. The number of fused-ring (bicyclic) bond motifs is 2. The molecule has 2 aromatic heterocycles. The fraction of sp³-hybridized carbons (Fsp3) is 0.324.